The Hall–Kier alpha value is -1.77. The molecule has 1 amide bonds. The van der Waals surface area contributed by atoms with Gasteiger partial charge in [0.15, 0.2) is 0 Å². The molecule has 19 heavy (non-hydrogen) atoms. The lowest BCUT2D eigenvalue weighted by atomic mass is 10.0. The summed E-state index contributed by atoms with van der Waals surface area (Å²) >= 11 is 0. The first-order chi connectivity index (χ1) is 9.31. The minimum atomic E-state index is 0.0256. The molecule has 1 aromatic rings. The number of fused-ring (bicyclic) bond motifs is 1. The maximum absolute atomic E-state index is 12.5. The third kappa shape index (κ3) is 2.14. The fourth-order valence-corrected chi connectivity index (χ4v) is 3.08. The van der Waals surface area contributed by atoms with Crippen LogP contribution in [0.1, 0.15) is 25.3 Å². The van der Waals surface area contributed by atoms with Crippen LogP contribution in [0.4, 0.5) is 5.69 Å². The monoisotopic (exact) mass is 256 g/mol. The zero-order chi connectivity index (χ0) is 13.2. The van der Waals surface area contributed by atoms with Crippen LogP contribution < -0.4 is 4.90 Å². The van der Waals surface area contributed by atoms with E-state index in [0.717, 1.165) is 32.5 Å². The van der Waals surface area contributed by atoms with Gasteiger partial charge in [-0.1, -0.05) is 37.3 Å². The Morgan fingerprint density at radius 3 is 3.00 bits per heavy atom. The number of hydrogen-bond acceptors (Lipinski definition) is 2. The number of carbonyl (C=O) groups is 1. The molecule has 0 N–H and O–H groups in total. The quantitative estimate of drug-likeness (QED) is 0.829. The van der Waals surface area contributed by atoms with Crippen molar-refractivity contribution in [2.75, 3.05) is 24.5 Å². The molecular formula is C16H20N2O. The average molecular weight is 256 g/mol. The molecule has 0 aliphatic carbocycles. The highest BCUT2D eigenvalue weighted by Crippen LogP contribution is 2.30. The van der Waals surface area contributed by atoms with Gasteiger partial charge >= 0.3 is 0 Å². The molecule has 1 aromatic carbocycles. The Bertz CT molecular complexity index is 509. The largest absolute Gasteiger partial charge is 0.355 e. The van der Waals surface area contributed by atoms with Gasteiger partial charge in [0.05, 0.1) is 0 Å². The molecule has 1 saturated heterocycles. The summed E-state index contributed by atoms with van der Waals surface area (Å²) in [5.74, 6) is 0.298. The van der Waals surface area contributed by atoms with Crippen molar-refractivity contribution in [3.8, 4) is 0 Å². The second-order valence-corrected chi connectivity index (χ2v) is 5.24. The van der Waals surface area contributed by atoms with E-state index in [1.807, 2.05) is 17.0 Å². The smallest absolute Gasteiger partial charge is 0.245 e. The van der Waals surface area contributed by atoms with E-state index in [9.17, 15) is 4.79 Å². The van der Waals surface area contributed by atoms with Gasteiger partial charge in [0.1, 0.15) is 6.04 Å². The first-order valence-electron chi connectivity index (χ1n) is 7.12. The van der Waals surface area contributed by atoms with Crippen LogP contribution in [0, 0.1) is 0 Å². The average Bonchev–Trinajstić information content (AvgIpc) is 2.80. The molecule has 100 valence electrons. The number of para-hydroxylation sites is 1. The lowest BCUT2D eigenvalue weighted by molar-refractivity contribution is -0.128. The van der Waals surface area contributed by atoms with Crippen molar-refractivity contribution in [3.63, 3.8) is 0 Å². The standard InChI is InChI=1S/C16H20N2O/c1-2-10-17-12-9-15(16(17)19)18-11-5-7-13-6-3-4-8-14(13)18/h3-8,15H,2,9-12H2,1H3. The molecule has 1 unspecified atom stereocenters. The van der Waals surface area contributed by atoms with Crippen LogP contribution in [0.25, 0.3) is 6.08 Å². The third-order valence-corrected chi connectivity index (χ3v) is 3.98. The topological polar surface area (TPSA) is 23.6 Å². The first kappa shape index (κ1) is 12.3. The molecule has 1 fully saturated rings. The summed E-state index contributed by atoms with van der Waals surface area (Å²) in [6, 6.07) is 8.36. The Kier molecular flexibility index (Phi) is 3.28. The van der Waals surface area contributed by atoms with E-state index < -0.39 is 0 Å². The van der Waals surface area contributed by atoms with Gasteiger partial charge in [0.25, 0.3) is 0 Å². The van der Waals surface area contributed by atoms with Crippen LogP contribution in [0.3, 0.4) is 0 Å². The summed E-state index contributed by atoms with van der Waals surface area (Å²) in [5.41, 5.74) is 2.41. The Morgan fingerprint density at radius 1 is 1.32 bits per heavy atom. The van der Waals surface area contributed by atoms with Crippen molar-refractivity contribution in [1.82, 2.24) is 4.90 Å². The highest BCUT2D eigenvalue weighted by Gasteiger charge is 2.36. The SMILES string of the molecule is CCCN1CCC(N2CC=Cc3ccccc32)C1=O. The summed E-state index contributed by atoms with van der Waals surface area (Å²) in [6.07, 6.45) is 6.28. The normalized spacial score (nSPS) is 21.9. The molecule has 2 heterocycles. The molecule has 3 rings (SSSR count). The van der Waals surface area contributed by atoms with Crippen molar-refractivity contribution in [1.29, 1.82) is 0 Å². The highest BCUT2D eigenvalue weighted by atomic mass is 16.2. The molecule has 2 aliphatic heterocycles. The predicted octanol–water partition coefficient (Wildman–Crippen LogP) is 2.53. The van der Waals surface area contributed by atoms with Crippen molar-refractivity contribution < 1.29 is 4.79 Å². The van der Waals surface area contributed by atoms with Gasteiger partial charge in [0.2, 0.25) is 5.91 Å². The van der Waals surface area contributed by atoms with Crippen LogP contribution in [0.15, 0.2) is 30.3 Å². The predicted molar refractivity (Wildman–Crippen MR) is 78.1 cm³/mol. The second-order valence-electron chi connectivity index (χ2n) is 5.24. The molecule has 0 bridgehead atoms. The van der Waals surface area contributed by atoms with E-state index in [1.54, 1.807) is 0 Å². The molecule has 0 saturated carbocycles. The number of amides is 1. The summed E-state index contributed by atoms with van der Waals surface area (Å²) in [6.45, 7) is 4.76. The minimum Gasteiger partial charge on any atom is -0.355 e. The van der Waals surface area contributed by atoms with E-state index in [2.05, 4.69) is 36.1 Å². The molecule has 3 heteroatoms. The summed E-state index contributed by atoms with van der Waals surface area (Å²) in [4.78, 5) is 16.7. The number of hydrogen-bond donors (Lipinski definition) is 0. The molecule has 0 aromatic heterocycles. The van der Waals surface area contributed by atoms with Gasteiger partial charge in [-0.2, -0.15) is 0 Å². The van der Waals surface area contributed by atoms with Crippen molar-refractivity contribution >= 4 is 17.7 Å². The van der Waals surface area contributed by atoms with E-state index in [0.29, 0.717) is 5.91 Å². The van der Waals surface area contributed by atoms with Crippen molar-refractivity contribution in [2.45, 2.75) is 25.8 Å². The summed E-state index contributed by atoms with van der Waals surface area (Å²) in [5, 5.41) is 0. The lowest BCUT2D eigenvalue weighted by Gasteiger charge is -2.32. The summed E-state index contributed by atoms with van der Waals surface area (Å²) in [7, 11) is 0. The number of benzene rings is 1. The third-order valence-electron chi connectivity index (χ3n) is 3.98. The fraction of sp³-hybridized carbons (Fsp3) is 0.438. The van der Waals surface area contributed by atoms with Crippen LogP contribution in [-0.2, 0) is 4.79 Å². The van der Waals surface area contributed by atoms with Crippen LogP contribution >= 0.6 is 0 Å². The van der Waals surface area contributed by atoms with Gasteiger partial charge in [-0.05, 0) is 24.5 Å². The molecule has 3 nitrogen and oxygen atoms in total. The van der Waals surface area contributed by atoms with Crippen LogP contribution in [-0.4, -0.2) is 36.5 Å². The zero-order valence-corrected chi connectivity index (χ0v) is 11.4. The number of carbonyl (C=O) groups excluding carboxylic acids is 1. The number of rotatable bonds is 3. The summed E-state index contributed by atoms with van der Waals surface area (Å²) < 4.78 is 0. The van der Waals surface area contributed by atoms with E-state index in [4.69, 9.17) is 0 Å². The molecule has 0 radical (unpaired) electrons. The molecule has 0 spiro atoms. The van der Waals surface area contributed by atoms with Gasteiger partial charge in [-0.3, -0.25) is 4.79 Å². The van der Waals surface area contributed by atoms with Crippen molar-refractivity contribution in [2.24, 2.45) is 0 Å². The zero-order valence-electron chi connectivity index (χ0n) is 11.4. The van der Waals surface area contributed by atoms with E-state index >= 15 is 0 Å². The minimum absolute atomic E-state index is 0.0256. The Labute approximate surface area is 114 Å². The molecule has 2 aliphatic rings. The first-order valence-corrected chi connectivity index (χ1v) is 7.12. The van der Waals surface area contributed by atoms with Gasteiger partial charge in [-0.25, -0.2) is 0 Å². The van der Waals surface area contributed by atoms with Gasteiger partial charge < -0.3 is 9.80 Å². The van der Waals surface area contributed by atoms with E-state index in [-0.39, 0.29) is 6.04 Å². The lowest BCUT2D eigenvalue weighted by Crippen LogP contribution is -2.43. The molecule has 1 atom stereocenters. The van der Waals surface area contributed by atoms with E-state index in [1.165, 1.54) is 11.3 Å². The highest BCUT2D eigenvalue weighted by molar-refractivity contribution is 5.89. The van der Waals surface area contributed by atoms with Crippen LogP contribution in [0.2, 0.25) is 0 Å². The fourth-order valence-electron chi connectivity index (χ4n) is 3.08. The number of likely N-dealkylation sites (tertiary alicyclic amines) is 1. The molecular weight excluding hydrogens is 236 g/mol. The number of anilines is 1. The second kappa shape index (κ2) is 5.08. The number of nitrogens with zero attached hydrogens (tertiary/aromatic N) is 2. The van der Waals surface area contributed by atoms with Crippen molar-refractivity contribution in [3.05, 3.63) is 35.9 Å². The maximum atomic E-state index is 12.5. The maximum Gasteiger partial charge on any atom is 0.245 e. The Morgan fingerprint density at radius 2 is 2.16 bits per heavy atom. The van der Waals surface area contributed by atoms with Crippen LogP contribution in [0.5, 0.6) is 0 Å². The van der Waals surface area contributed by atoms with Gasteiger partial charge in [-0.15, -0.1) is 0 Å². The Balaban J connectivity index is 1.84. The van der Waals surface area contributed by atoms with Gasteiger partial charge in [0, 0.05) is 25.3 Å².